The van der Waals surface area contributed by atoms with Gasteiger partial charge in [-0.3, -0.25) is 0 Å². The maximum Gasteiger partial charge on any atom is 0.0720 e. The average Bonchev–Trinajstić information content (AvgIpc) is 2.07. The summed E-state index contributed by atoms with van der Waals surface area (Å²) in [6.07, 6.45) is 0. The molecule has 0 unspecified atom stereocenters. The number of ether oxygens (including phenoxy) is 1. The van der Waals surface area contributed by atoms with Crippen molar-refractivity contribution in [2.24, 2.45) is 0 Å². The molecule has 0 spiro atoms. The van der Waals surface area contributed by atoms with Crippen LogP contribution in [0.3, 0.4) is 0 Å². The highest BCUT2D eigenvalue weighted by Gasteiger charge is 2.02. The van der Waals surface area contributed by atoms with Crippen LogP contribution in [0.2, 0.25) is 0 Å². The van der Waals surface area contributed by atoms with Crippen molar-refractivity contribution in [1.29, 1.82) is 0 Å². The monoisotopic (exact) mass is 163 g/mol. The Labute approximate surface area is 74.4 Å². The predicted molar refractivity (Wildman–Crippen MR) is 50.8 cm³/mol. The summed E-state index contributed by atoms with van der Waals surface area (Å²) in [5.74, 6) is 0. The van der Waals surface area contributed by atoms with Crippen molar-refractivity contribution in [3.8, 4) is 0 Å². The summed E-state index contributed by atoms with van der Waals surface area (Å²) in [5.41, 5.74) is 5.23. The molecule has 0 aliphatic rings. The van der Waals surface area contributed by atoms with Crippen molar-refractivity contribution < 1.29 is 4.74 Å². The van der Waals surface area contributed by atoms with Gasteiger partial charge in [0.2, 0.25) is 0 Å². The Hall–Kier alpha value is -0.820. The summed E-state index contributed by atoms with van der Waals surface area (Å²) < 4.78 is 4.85. The first-order valence-electron chi connectivity index (χ1n) is 4.09. The standard InChI is InChI=1S/C11H15O/c1-8-5-6-11(7-12-4)10(3)9(8)2/h5-6H,4,7H2,1-3H3. The van der Waals surface area contributed by atoms with Gasteiger partial charge in [0.1, 0.15) is 0 Å². The molecule has 0 heterocycles. The Morgan fingerprint density at radius 1 is 1.17 bits per heavy atom. The van der Waals surface area contributed by atoms with Gasteiger partial charge in [0.05, 0.1) is 13.7 Å². The quantitative estimate of drug-likeness (QED) is 0.651. The van der Waals surface area contributed by atoms with Crippen LogP contribution in [0.25, 0.3) is 0 Å². The van der Waals surface area contributed by atoms with E-state index in [1.807, 2.05) is 0 Å². The molecule has 0 aromatic heterocycles. The molecule has 0 amide bonds. The lowest BCUT2D eigenvalue weighted by molar-refractivity contribution is 0.228. The van der Waals surface area contributed by atoms with Gasteiger partial charge in [0, 0.05) is 0 Å². The summed E-state index contributed by atoms with van der Waals surface area (Å²) in [5, 5.41) is 0. The first kappa shape index (κ1) is 9.27. The third-order valence-electron chi connectivity index (χ3n) is 2.43. The first-order chi connectivity index (χ1) is 5.66. The molecule has 1 heteroatoms. The maximum absolute atomic E-state index is 4.85. The van der Waals surface area contributed by atoms with E-state index in [4.69, 9.17) is 4.74 Å². The van der Waals surface area contributed by atoms with Gasteiger partial charge in [-0.05, 0) is 43.0 Å². The van der Waals surface area contributed by atoms with E-state index in [0.717, 1.165) is 0 Å². The number of aryl methyl sites for hydroxylation is 1. The molecule has 0 aliphatic carbocycles. The van der Waals surface area contributed by atoms with Crippen LogP contribution in [0, 0.1) is 27.9 Å². The van der Waals surface area contributed by atoms with Crippen LogP contribution < -0.4 is 0 Å². The molecular formula is C11H15O. The number of benzene rings is 1. The minimum absolute atomic E-state index is 0.604. The van der Waals surface area contributed by atoms with E-state index in [1.165, 1.54) is 22.3 Å². The second-order valence-corrected chi connectivity index (χ2v) is 3.14. The Bertz CT molecular complexity index is 277. The predicted octanol–water partition coefficient (Wildman–Crippen LogP) is 2.92. The molecule has 0 bridgehead atoms. The smallest absolute Gasteiger partial charge is 0.0720 e. The van der Waals surface area contributed by atoms with Gasteiger partial charge in [-0.15, -0.1) is 0 Å². The van der Waals surface area contributed by atoms with Crippen molar-refractivity contribution >= 4 is 0 Å². The van der Waals surface area contributed by atoms with Crippen LogP contribution in [0.4, 0.5) is 0 Å². The van der Waals surface area contributed by atoms with Crippen LogP contribution in [0.5, 0.6) is 0 Å². The molecule has 0 N–H and O–H groups in total. The molecule has 0 aliphatic heterocycles. The van der Waals surface area contributed by atoms with Crippen molar-refractivity contribution in [3.05, 3.63) is 41.5 Å². The largest absolute Gasteiger partial charge is 0.374 e. The van der Waals surface area contributed by atoms with Gasteiger partial charge in [0.25, 0.3) is 0 Å². The van der Waals surface area contributed by atoms with Crippen LogP contribution >= 0.6 is 0 Å². The molecular weight excluding hydrogens is 148 g/mol. The topological polar surface area (TPSA) is 9.23 Å². The third-order valence-corrected chi connectivity index (χ3v) is 2.43. The fraction of sp³-hybridized carbons (Fsp3) is 0.364. The molecule has 1 radical (unpaired) electrons. The fourth-order valence-corrected chi connectivity index (χ4v) is 1.28. The second-order valence-electron chi connectivity index (χ2n) is 3.14. The lowest BCUT2D eigenvalue weighted by Crippen LogP contribution is -1.95. The normalized spacial score (nSPS) is 10.3. The fourth-order valence-electron chi connectivity index (χ4n) is 1.28. The zero-order valence-electron chi connectivity index (χ0n) is 7.98. The van der Waals surface area contributed by atoms with E-state index in [-0.39, 0.29) is 0 Å². The van der Waals surface area contributed by atoms with Gasteiger partial charge in [-0.1, -0.05) is 12.1 Å². The van der Waals surface area contributed by atoms with Gasteiger partial charge < -0.3 is 4.74 Å². The van der Waals surface area contributed by atoms with E-state index in [9.17, 15) is 0 Å². The summed E-state index contributed by atoms with van der Waals surface area (Å²) in [6.45, 7) is 6.98. The Morgan fingerprint density at radius 3 is 2.42 bits per heavy atom. The molecule has 0 atom stereocenters. The summed E-state index contributed by atoms with van der Waals surface area (Å²) in [4.78, 5) is 0. The summed E-state index contributed by atoms with van der Waals surface area (Å²) in [6, 6.07) is 4.22. The van der Waals surface area contributed by atoms with E-state index < -0.39 is 0 Å². The number of hydrogen-bond acceptors (Lipinski definition) is 1. The van der Waals surface area contributed by atoms with E-state index in [1.54, 1.807) is 0 Å². The van der Waals surface area contributed by atoms with Crippen molar-refractivity contribution in [2.45, 2.75) is 27.4 Å². The molecule has 1 nitrogen and oxygen atoms in total. The van der Waals surface area contributed by atoms with Gasteiger partial charge in [-0.2, -0.15) is 0 Å². The van der Waals surface area contributed by atoms with E-state index in [0.29, 0.717) is 6.61 Å². The van der Waals surface area contributed by atoms with Crippen molar-refractivity contribution in [2.75, 3.05) is 0 Å². The molecule has 1 aromatic rings. The first-order valence-corrected chi connectivity index (χ1v) is 4.09. The highest BCUT2D eigenvalue weighted by molar-refractivity contribution is 5.38. The Kier molecular flexibility index (Phi) is 2.88. The van der Waals surface area contributed by atoms with Crippen LogP contribution in [-0.2, 0) is 11.3 Å². The molecule has 12 heavy (non-hydrogen) atoms. The maximum atomic E-state index is 4.85. The van der Waals surface area contributed by atoms with Crippen LogP contribution in [0.15, 0.2) is 12.1 Å². The molecule has 0 saturated heterocycles. The highest BCUT2D eigenvalue weighted by atomic mass is 16.5. The third kappa shape index (κ3) is 1.67. The van der Waals surface area contributed by atoms with Crippen molar-refractivity contribution in [3.63, 3.8) is 0 Å². The van der Waals surface area contributed by atoms with Gasteiger partial charge >= 0.3 is 0 Å². The van der Waals surface area contributed by atoms with Gasteiger partial charge in [-0.25, -0.2) is 0 Å². The molecule has 0 saturated carbocycles. The summed E-state index contributed by atoms with van der Waals surface area (Å²) >= 11 is 0. The van der Waals surface area contributed by atoms with E-state index >= 15 is 0 Å². The van der Waals surface area contributed by atoms with Crippen molar-refractivity contribution in [1.82, 2.24) is 0 Å². The highest BCUT2D eigenvalue weighted by Crippen LogP contribution is 2.17. The minimum atomic E-state index is 0.604. The Morgan fingerprint density at radius 2 is 1.83 bits per heavy atom. The lowest BCUT2D eigenvalue weighted by Gasteiger charge is -2.09. The SMILES string of the molecule is [CH2]OCc1ccc(C)c(C)c1C. The lowest BCUT2D eigenvalue weighted by atomic mass is 9.99. The molecule has 1 rings (SSSR count). The van der Waals surface area contributed by atoms with Crippen LogP contribution in [0.1, 0.15) is 22.3 Å². The van der Waals surface area contributed by atoms with Crippen LogP contribution in [-0.4, -0.2) is 0 Å². The van der Waals surface area contributed by atoms with E-state index in [2.05, 4.69) is 40.0 Å². The molecule has 0 fully saturated rings. The Balaban J connectivity index is 3.08. The average molecular weight is 163 g/mol. The number of hydrogen-bond donors (Lipinski definition) is 0. The van der Waals surface area contributed by atoms with Gasteiger partial charge in [0.15, 0.2) is 0 Å². The minimum Gasteiger partial charge on any atom is -0.374 e. The second kappa shape index (κ2) is 3.72. The summed E-state index contributed by atoms with van der Waals surface area (Å²) in [7, 11) is 3.37. The molecule has 1 aromatic carbocycles. The zero-order chi connectivity index (χ0) is 9.14. The number of rotatable bonds is 2. The zero-order valence-corrected chi connectivity index (χ0v) is 7.98. The molecule has 65 valence electrons.